The molecule has 0 aliphatic carbocycles. The van der Waals surface area contributed by atoms with Crippen LogP contribution in [0.15, 0.2) is 45.3 Å². The van der Waals surface area contributed by atoms with E-state index >= 15 is 0 Å². The third-order valence-electron chi connectivity index (χ3n) is 3.01. The van der Waals surface area contributed by atoms with E-state index in [0.29, 0.717) is 21.5 Å². The van der Waals surface area contributed by atoms with Crippen LogP contribution in [0.1, 0.15) is 11.1 Å². The lowest BCUT2D eigenvalue weighted by molar-refractivity contribution is 0.188. The zero-order valence-corrected chi connectivity index (χ0v) is 17.3. The maximum absolute atomic E-state index is 13.7. The van der Waals surface area contributed by atoms with Gasteiger partial charge in [0.05, 0.1) is 4.47 Å². The second kappa shape index (κ2) is 8.95. The highest BCUT2D eigenvalue weighted by Gasteiger charge is 2.34. The number of benzene rings is 2. The summed E-state index contributed by atoms with van der Waals surface area (Å²) in [6.45, 7) is 0. The zero-order valence-electron chi connectivity index (χ0n) is 12.5. The molecule has 3 nitrogen and oxygen atoms in total. The summed E-state index contributed by atoms with van der Waals surface area (Å²) in [7, 11) is -5.01. The lowest BCUT2D eigenvalue weighted by Crippen LogP contribution is -2.01. The Balaban J connectivity index is 1.97. The first-order valence-corrected chi connectivity index (χ1v) is 11.2. The molecule has 25 heavy (non-hydrogen) atoms. The zero-order chi connectivity index (χ0) is 18.6. The minimum atomic E-state index is -5.01. The quantitative estimate of drug-likeness (QED) is 0.420. The first-order valence-electron chi connectivity index (χ1n) is 6.79. The molecule has 1 unspecified atom stereocenters. The van der Waals surface area contributed by atoms with Crippen LogP contribution in [-0.4, -0.2) is 11.1 Å². The summed E-state index contributed by atoms with van der Waals surface area (Å²) in [5, 5.41) is 0. The molecule has 0 fully saturated rings. The van der Waals surface area contributed by atoms with Crippen molar-refractivity contribution in [3.63, 3.8) is 0 Å². The Morgan fingerprint density at radius 3 is 2.48 bits per heavy atom. The topological polar surface area (TPSA) is 46.5 Å². The molecule has 0 saturated heterocycles. The Kier molecular flexibility index (Phi) is 7.46. The fourth-order valence-corrected chi connectivity index (χ4v) is 4.26. The number of rotatable bonds is 7. The standard InChI is InChI=1S/C15H12Br2F3O3PS/c16-11-3-2-10(13(18)6-11)8-25-7-9-1-4-14(12(17)5-9)23-24(21,22)15(19)20/h1-6,15H,7-8H2,(H,21,22). The molecule has 0 aliphatic heterocycles. The van der Waals surface area contributed by atoms with Crippen molar-refractivity contribution in [3.05, 3.63) is 62.3 Å². The Bertz CT molecular complexity index is 808. The largest absolute Gasteiger partial charge is 0.442 e. The Morgan fingerprint density at radius 1 is 1.16 bits per heavy atom. The van der Waals surface area contributed by atoms with E-state index in [1.807, 2.05) is 0 Å². The molecule has 0 saturated carbocycles. The van der Waals surface area contributed by atoms with E-state index in [2.05, 4.69) is 36.4 Å². The highest BCUT2D eigenvalue weighted by atomic mass is 79.9. The molecule has 2 aromatic carbocycles. The molecule has 0 radical (unpaired) electrons. The van der Waals surface area contributed by atoms with Crippen LogP contribution in [0.25, 0.3) is 0 Å². The molecule has 0 heterocycles. The third-order valence-corrected chi connectivity index (χ3v) is 6.13. The Hall–Kier alpha value is -0.470. The fraction of sp³-hybridized carbons (Fsp3) is 0.200. The SMILES string of the molecule is O=P(O)(Oc1ccc(CSCc2ccc(Br)cc2F)cc1Br)C(F)F. The fourth-order valence-electron chi connectivity index (χ4n) is 1.81. The van der Waals surface area contributed by atoms with Gasteiger partial charge in [0.2, 0.25) is 0 Å². The number of thioether (sulfide) groups is 1. The molecule has 10 heteroatoms. The molecule has 0 aliphatic rings. The van der Waals surface area contributed by atoms with Crippen molar-refractivity contribution < 1.29 is 27.2 Å². The maximum atomic E-state index is 13.7. The van der Waals surface area contributed by atoms with Crippen LogP contribution >= 0.6 is 51.2 Å². The van der Waals surface area contributed by atoms with E-state index in [-0.39, 0.29) is 16.0 Å². The van der Waals surface area contributed by atoms with E-state index < -0.39 is 13.8 Å². The number of hydrogen-bond donors (Lipinski definition) is 1. The van der Waals surface area contributed by atoms with Crippen LogP contribution in [0.2, 0.25) is 0 Å². The van der Waals surface area contributed by atoms with Gasteiger partial charge in [0, 0.05) is 16.0 Å². The van der Waals surface area contributed by atoms with E-state index in [1.54, 1.807) is 24.3 Å². The molecule has 136 valence electrons. The molecule has 1 atom stereocenters. The number of alkyl halides is 2. The first-order chi connectivity index (χ1) is 11.7. The first kappa shape index (κ1) is 20.8. The normalized spacial score (nSPS) is 13.7. The van der Waals surface area contributed by atoms with Gasteiger partial charge in [-0.05, 0) is 51.3 Å². The highest BCUT2D eigenvalue weighted by molar-refractivity contribution is 9.10. The van der Waals surface area contributed by atoms with Gasteiger partial charge in [0.15, 0.2) is 0 Å². The van der Waals surface area contributed by atoms with Gasteiger partial charge >= 0.3 is 13.8 Å². The average molecular weight is 520 g/mol. The van der Waals surface area contributed by atoms with Crippen molar-refractivity contribution >= 4 is 51.2 Å². The van der Waals surface area contributed by atoms with Crippen molar-refractivity contribution in [2.45, 2.75) is 17.7 Å². The van der Waals surface area contributed by atoms with Crippen molar-refractivity contribution in [2.24, 2.45) is 0 Å². The predicted molar refractivity (Wildman–Crippen MR) is 99.7 cm³/mol. The lowest BCUT2D eigenvalue weighted by Gasteiger charge is -2.14. The van der Waals surface area contributed by atoms with Gasteiger partial charge in [-0.3, -0.25) is 0 Å². The maximum Gasteiger partial charge on any atom is 0.442 e. The summed E-state index contributed by atoms with van der Waals surface area (Å²) in [6.07, 6.45) is -3.48. The summed E-state index contributed by atoms with van der Waals surface area (Å²) in [5.41, 5.74) is 1.40. The molecule has 0 aromatic heterocycles. The van der Waals surface area contributed by atoms with Crippen LogP contribution in [0.5, 0.6) is 5.75 Å². The number of halogens is 5. The molecule has 1 N–H and O–H groups in total. The molecule has 0 spiro atoms. The molecule has 2 rings (SSSR count). The summed E-state index contributed by atoms with van der Waals surface area (Å²) in [5.74, 6) is 0.572. The average Bonchev–Trinajstić information content (AvgIpc) is 2.52. The van der Waals surface area contributed by atoms with Crippen LogP contribution < -0.4 is 4.52 Å². The van der Waals surface area contributed by atoms with Gasteiger partial charge in [0.1, 0.15) is 11.6 Å². The molecule has 2 aromatic rings. The molecule has 0 bridgehead atoms. The minimum absolute atomic E-state index is 0.140. The Morgan fingerprint density at radius 2 is 1.88 bits per heavy atom. The molecular formula is C15H12Br2F3O3PS. The van der Waals surface area contributed by atoms with Crippen molar-refractivity contribution in [3.8, 4) is 5.75 Å². The monoisotopic (exact) mass is 518 g/mol. The van der Waals surface area contributed by atoms with E-state index in [9.17, 15) is 17.7 Å². The van der Waals surface area contributed by atoms with Gasteiger partial charge in [-0.1, -0.05) is 28.1 Å². The predicted octanol–water partition coefficient (Wildman–Crippen LogP) is 6.57. The molecule has 0 amide bonds. The minimum Gasteiger partial charge on any atom is -0.420 e. The summed E-state index contributed by atoms with van der Waals surface area (Å²) in [6, 6.07) is 9.39. The van der Waals surface area contributed by atoms with Crippen LogP contribution in [0.4, 0.5) is 13.2 Å². The van der Waals surface area contributed by atoms with Gasteiger partial charge in [-0.2, -0.15) is 20.5 Å². The van der Waals surface area contributed by atoms with Crippen molar-refractivity contribution in [2.75, 3.05) is 0 Å². The van der Waals surface area contributed by atoms with E-state index in [0.717, 1.165) is 5.56 Å². The summed E-state index contributed by atoms with van der Waals surface area (Å²) in [4.78, 5) is 9.07. The van der Waals surface area contributed by atoms with Gasteiger partial charge in [-0.25, -0.2) is 8.96 Å². The lowest BCUT2D eigenvalue weighted by atomic mass is 10.2. The van der Waals surface area contributed by atoms with Crippen LogP contribution in [0.3, 0.4) is 0 Å². The summed E-state index contributed by atoms with van der Waals surface area (Å²) < 4.78 is 55.2. The van der Waals surface area contributed by atoms with E-state index in [1.165, 1.54) is 23.9 Å². The van der Waals surface area contributed by atoms with Gasteiger partial charge in [-0.15, -0.1) is 0 Å². The third kappa shape index (κ3) is 6.03. The van der Waals surface area contributed by atoms with Gasteiger partial charge in [0.25, 0.3) is 0 Å². The van der Waals surface area contributed by atoms with E-state index in [4.69, 9.17) is 4.89 Å². The smallest absolute Gasteiger partial charge is 0.420 e. The highest BCUT2D eigenvalue weighted by Crippen LogP contribution is 2.50. The Labute approximate surface area is 163 Å². The van der Waals surface area contributed by atoms with Crippen molar-refractivity contribution in [1.29, 1.82) is 0 Å². The second-order valence-corrected chi connectivity index (χ2v) is 9.38. The number of hydrogen-bond acceptors (Lipinski definition) is 3. The van der Waals surface area contributed by atoms with Crippen molar-refractivity contribution in [1.82, 2.24) is 0 Å². The van der Waals surface area contributed by atoms with Crippen LogP contribution in [0, 0.1) is 5.82 Å². The van der Waals surface area contributed by atoms with Crippen LogP contribution in [-0.2, 0) is 16.1 Å². The summed E-state index contributed by atoms with van der Waals surface area (Å²) >= 11 is 7.80. The molecular weight excluding hydrogens is 508 g/mol. The second-order valence-electron chi connectivity index (χ2n) is 4.93. The van der Waals surface area contributed by atoms with Gasteiger partial charge < -0.3 is 9.42 Å².